The molecule has 0 aromatic heterocycles. The van der Waals surface area contributed by atoms with E-state index >= 15 is 0 Å². The van der Waals surface area contributed by atoms with E-state index in [1.165, 1.54) is 11.3 Å². The van der Waals surface area contributed by atoms with Gasteiger partial charge in [-0.1, -0.05) is 67.6 Å². The van der Waals surface area contributed by atoms with Crippen LogP contribution >= 0.6 is 0 Å². The number of aryl methyl sites for hydroxylation is 1. The lowest BCUT2D eigenvalue weighted by atomic mass is 9.90. The van der Waals surface area contributed by atoms with Crippen LogP contribution in [0.25, 0.3) is 0 Å². The molecule has 3 aromatic carbocycles. The van der Waals surface area contributed by atoms with Gasteiger partial charge in [-0.2, -0.15) is 0 Å². The van der Waals surface area contributed by atoms with Gasteiger partial charge in [-0.15, -0.1) is 0 Å². The van der Waals surface area contributed by atoms with Crippen molar-refractivity contribution in [1.29, 1.82) is 0 Å². The van der Waals surface area contributed by atoms with Gasteiger partial charge in [-0.25, -0.2) is 0 Å². The summed E-state index contributed by atoms with van der Waals surface area (Å²) < 4.78 is 0. The summed E-state index contributed by atoms with van der Waals surface area (Å²) in [5.41, 5.74) is 5.28. The summed E-state index contributed by atoms with van der Waals surface area (Å²) in [6.07, 6.45) is 0. The minimum atomic E-state index is -0.343. The van der Waals surface area contributed by atoms with Gasteiger partial charge in [-0.3, -0.25) is 4.79 Å². The second-order valence-corrected chi connectivity index (χ2v) is 8.17. The SMILES string of the molecule is CCN1CCN(c2ccc(NC(=O)C(c3ccccc3)c3ccccc3)cc2C)CC1. The van der Waals surface area contributed by atoms with Crippen LogP contribution in [0.5, 0.6) is 0 Å². The summed E-state index contributed by atoms with van der Waals surface area (Å²) in [5.74, 6) is -0.356. The highest BCUT2D eigenvalue weighted by Gasteiger charge is 2.23. The first-order chi connectivity index (χ1) is 15.2. The molecular formula is C27H31N3O. The van der Waals surface area contributed by atoms with Crippen LogP contribution in [-0.2, 0) is 4.79 Å². The Balaban J connectivity index is 1.52. The number of nitrogens with zero attached hydrogens (tertiary/aromatic N) is 2. The standard InChI is InChI=1S/C27H31N3O/c1-3-29-16-18-30(19-17-29)25-15-14-24(20-21(25)2)28-27(31)26(22-10-6-4-7-11-22)23-12-8-5-9-13-23/h4-15,20,26H,3,16-19H2,1-2H3,(H,28,31). The normalized spacial score (nSPS) is 14.6. The zero-order valence-corrected chi connectivity index (χ0v) is 18.4. The molecule has 4 rings (SSSR count). The molecule has 0 saturated carbocycles. The molecule has 1 fully saturated rings. The Labute approximate surface area is 185 Å². The van der Waals surface area contributed by atoms with E-state index in [4.69, 9.17) is 0 Å². The molecule has 0 spiro atoms. The van der Waals surface area contributed by atoms with Crippen LogP contribution in [-0.4, -0.2) is 43.5 Å². The quantitative estimate of drug-likeness (QED) is 0.624. The predicted octanol–water partition coefficient (Wildman–Crippen LogP) is 4.91. The Bertz CT molecular complexity index is 956. The van der Waals surface area contributed by atoms with E-state index in [0.717, 1.165) is 49.5 Å². The molecule has 0 bridgehead atoms. The number of anilines is 2. The zero-order chi connectivity index (χ0) is 21.6. The van der Waals surface area contributed by atoms with Crippen molar-refractivity contribution in [3.8, 4) is 0 Å². The molecule has 3 aromatic rings. The lowest BCUT2D eigenvalue weighted by Crippen LogP contribution is -2.46. The Morgan fingerprint density at radius 1 is 0.871 bits per heavy atom. The van der Waals surface area contributed by atoms with Gasteiger partial charge in [0, 0.05) is 37.6 Å². The first-order valence-corrected chi connectivity index (χ1v) is 11.1. The smallest absolute Gasteiger partial charge is 0.236 e. The number of hydrogen-bond donors (Lipinski definition) is 1. The minimum Gasteiger partial charge on any atom is -0.369 e. The van der Waals surface area contributed by atoms with E-state index in [-0.39, 0.29) is 11.8 Å². The molecule has 0 radical (unpaired) electrons. The van der Waals surface area contributed by atoms with Crippen LogP contribution in [0.15, 0.2) is 78.9 Å². The summed E-state index contributed by atoms with van der Waals surface area (Å²) in [5, 5.41) is 3.16. The van der Waals surface area contributed by atoms with Crippen molar-refractivity contribution in [3.63, 3.8) is 0 Å². The predicted molar refractivity (Wildman–Crippen MR) is 129 cm³/mol. The number of likely N-dealkylation sites (N-methyl/N-ethyl adjacent to an activating group) is 1. The maximum atomic E-state index is 13.4. The number of carbonyl (C=O) groups is 1. The van der Waals surface area contributed by atoms with Gasteiger partial charge in [0.1, 0.15) is 0 Å². The van der Waals surface area contributed by atoms with Crippen LogP contribution in [0.1, 0.15) is 29.5 Å². The molecule has 0 unspecified atom stereocenters. The number of rotatable bonds is 6. The van der Waals surface area contributed by atoms with Crippen LogP contribution in [0.4, 0.5) is 11.4 Å². The molecule has 31 heavy (non-hydrogen) atoms. The van der Waals surface area contributed by atoms with Gasteiger partial charge in [0.2, 0.25) is 5.91 Å². The van der Waals surface area contributed by atoms with E-state index in [9.17, 15) is 4.79 Å². The highest BCUT2D eigenvalue weighted by Crippen LogP contribution is 2.28. The van der Waals surface area contributed by atoms with E-state index in [1.54, 1.807) is 0 Å². The van der Waals surface area contributed by atoms with Crippen molar-refractivity contribution < 1.29 is 4.79 Å². The Kier molecular flexibility index (Phi) is 6.68. The highest BCUT2D eigenvalue weighted by atomic mass is 16.1. The number of nitrogens with one attached hydrogen (secondary N) is 1. The van der Waals surface area contributed by atoms with Gasteiger partial charge in [0.25, 0.3) is 0 Å². The van der Waals surface area contributed by atoms with E-state index in [2.05, 4.69) is 41.1 Å². The third kappa shape index (κ3) is 4.97. The maximum Gasteiger partial charge on any atom is 0.236 e. The number of amides is 1. The van der Waals surface area contributed by atoms with Crippen molar-refractivity contribution in [2.24, 2.45) is 0 Å². The molecule has 4 nitrogen and oxygen atoms in total. The number of carbonyl (C=O) groups excluding carboxylic acids is 1. The molecule has 0 aliphatic carbocycles. The maximum absolute atomic E-state index is 13.4. The van der Waals surface area contributed by atoms with E-state index < -0.39 is 0 Å². The average Bonchev–Trinajstić information content (AvgIpc) is 2.81. The summed E-state index contributed by atoms with van der Waals surface area (Å²) in [6.45, 7) is 9.75. The van der Waals surface area contributed by atoms with Crippen LogP contribution < -0.4 is 10.2 Å². The monoisotopic (exact) mass is 413 g/mol. The topological polar surface area (TPSA) is 35.6 Å². The fourth-order valence-corrected chi connectivity index (χ4v) is 4.39. The number of piperazine rings is 1. The Hall–Kier alpha value is -3.11. The second kappa shape index (κ2) is 9.80. The third-order valence-corrected chi connectivity index (χ3v) is 6.15. The first-order valence-electron chi connectivity index (χ1n) is 11.1. The summed E-state index contributed by atoms with van der Waals surface area (Å²) >= 11 is 0. The molecule has 4 heteroatoms. The molecule has 1 amide bonds. The average molecular weight is 414 g/mol. The lowest BCUT2D eigenvalue weighted by Gasteiger charge is -2.36. The fraction of sp³-hybridized carbons (Fsp3) is 0.296. The van der Waals surface area contributed by atoms with Gasteiger partial charge >= 0.3 is 0 Å². The van der Waals surface area contributed by atoms with Crippen molar-refractivity contribution >= 4 is 17.3 Å². The molecule has 1 saturated heterocycles. The minimum absolute atomic E-state index is 0.0129. The molecule has 1 aliphatic rings. The largest absolute Gasteiger partial charge is 0.369 e. The van der Waals surface area contributed by atoms with Crippen molar-refractivity contribution in [2.75, 3.05) is 42.9 Å². The second-order valence-electron chi connectivity index (χ2n) is 8.17. The Morgan fingerprint density at radius 2 is 1.45 bits per heavy atom. The van der Waals surface area contributed by atoms with Crippen molar-refractivity contribution in [3.05, 3.63) is 95.6 Å². The zero-order valence-electron chi connectivity index (χ0n) is 18.4. The number of hydrogen-bond acceptors (Lipinski definition) is 3. The summed E-state index contributed by atoms with van der Waals surface area (Å²) in [6, 6.07) is 26.2. The van der Waals surface area contributed by atoms with Crippen molar-refractivity contribution in [2.45, 2.75) is 19.8 Å². The van der Waals surface area contributed by atoms with Gasteiger partial charge in [-0.05, 0) is 48.4 Å². The Morgan fingerprint density at radius 3 is 1.97 bits per heavy atom. The summed E-state index contributed by atoms with van der Waals surface area (Å²) in [4.78, 5) is 18.3. The summed E-state index contributed by atoms with van der Waals surface area (Å²) in [7, 11) is 0. The fourth-order valence-electron chi connectivity index (χ4n) is 4.39. The van der Waals surface area contributed by atoms with Crippen LogP contribution in [0, 0.1) is 6.92 Å². The molecule has 1 N–H and O–H groups in total. The van der Waals surface area contributed by atoms with Crippen molar-refractivity contribution in [1.82, 2.24) is 4.90 Å². The molecule has 0 atom stereocenters. The van der Waals surface area contributed by atoms with Crippen LogP contribution in [0.2, 0.25) is 0 Å². The third-order valence-electron chi connectivity index (χ3n) is 6.15. The lowest BCUT2D eigenvalue weighted by molar-refractivity contribution is -0.116. The molecule has 1 heterocycles. The van der Waals surface area contributed by atoms with Crippen LogP contribution in [0.3, 0.4) is 0 Å². The highest BCUT2D eigenvalue weighted by molar-refractivity contribution is 5.98. The van der Waals surface area contributed by atoms with Gasteiger partial charge in [0.05, 0.1) is 5.92 Å². The molecule has 1 aliphatic heterocycles. The number of benzene rings is 3. The first kappa shape index (κ1) is 21.1. The van der Waals surface area contributed by atoms with E-state index in [0.29, 0.717) is 0 Å². The van der Waals surface area contributed by atoms with Gasteiger partial charge < -0.3 is 15.1 Å². The molecular weight excluding hydrogens is 382 g/mol. The molecule has 160 valence electrons. The van der Waals surface area contributed by atoms with Gasteiger partial charge in [0.15, 0.2) is 0 Å². The van der Waals surface area contributed by atoms with E-state index in [1.807, 2.05) is 66.7 Å².